The van der Waals surface area contributed by atoms with Gasteiger partial charge in [0.25, 0.3) is 0 Å². The third-order valence-electron chi connectivity index (χ3n) is 4.71. The van der Waals surface area contributed by atoms with Gasteiger partial charge < -0.3 is 4.52 Å². The minimum absolute atomic E-state index is 0.165. The van der Waals surface area contributed by atoms with Crippen LogP contribution in [0.3, 0.4) is 0 Å². The molecule has 1 saturated heterocycles. The summed E-state index contributed by atoms with van der Waals surface area (Å²) in [7, 11) is -3.66. The van der Waals surface area contributed by atoms with Crippen molar-refractivity contribution < 1.29 is 17.3 Å². The highest BCUT2D eigenvalue weighted by molar-refractivity contribution is 7.89. The van der Waals surface area contributed by atoms with E-state index in [1.807, 2.05) is 0 Å². The van der Waals surface area contributed by atoms with Crippen LogP contribution in [0.15, 0.2) is 57.9 Å². The molecule has 3 aromatic rings. The first-order valence-electron chi connectivity index (χ1n) is 8.79. The van der Waals surface area contributed by atoms with Crippen molar-refractivity contribution in [2.75, 3.05) is 13.1 Å². The zero-order chi connectivity index (χ0) is 19.7. The Kier molecular flexibility index (Phi) is 5.18. The van der Waals surface area contributed by atoms with Crippen LogP contribution in [-0.4, -0.2) is 36.0 Å². The summed E-state index contributed by atoms with van der Waals surface area (Å²) in [6.07, 6.45) is 1.42. The van der Waals surface area contributed by atoms with Crippen LogP contribution in [0.5, 0.6) is 0 Å². The molecule has 4 rings (SSSR count). The molecule has 9 heteroatoms. The molecular formula is C19H17ClFN3O3S. The number of halogens is 2. The minimum atomic E-state index is -3.66. The van der Waals surface area contributed by atoms with E-state index in [1.165, 1.54) is 28.6 Å². The summed E-state index contributed by atoms with van der Waals surface area (Å²) in [5.41, 5.74) is 0.635. The Morgan fingerprint density at radius 3 is 2.71 bits per heavy atom. The van der Waals surface area contributed by atoms with Gasteiger partial charge in [-0.3, -0.25) is 0 Å². The highest BCUT2D eigenvalue weighted by Gasteiger charge is 2.33. The van der Waals surface area contributed by atoms with Gasteiger partial charge in [0.05, 0.1) is 10.8 Å². The van der Waals surface area contributed by atoms with Gasteiger partial charge in [0.2, 0.25) is 21.7 Å². The molecule has 0 amide bonds. The van der Waals surface area contributed by atoms with E-state index in [2.05, 4.69) is 10.1 Å². The summed E-state index contributed by atoms with van der Waals surface area (Å²) >= 11 is 5.95. The zero-order valence-corrected chi connectivity index (χ0v) is 16.3. The first-order valence-corrected chi connectivity index (χ1v) is 10.6. The van der Waals surface area contributed by atoms with E-state index in [0.717, 1.165) is 6.42 Å². The van der Waals surface area contributed by atoms with Crippen LogP contribution < -0.4 is 0 Å². The number of piperidine rings is 1. The Labute approximate surface area is 167 Å². The fourth-order valence-electron chi connectivity index (χ4n) is 3.26. The van der Waals surface area contributed by atoms with Crippen LogP contribution in [-0.2, 0) is 10.0 Å². The van der Waals surface area contributed by atoms with Crippen molar-refractivity contribution in [3.05, 3.63) is 65.3 Å². The molecule has 6 nitrogen and oxygen atoms in total. The lowest BCUT2D eigenvalue weighted by molar-refractivity contribution is 0.265. The Bertz CT molecular complexity index is 1090. The predicted molar refractivity (Wildman–Crippen MR) is 102 cm³/mol. The molecule has 28 heavy (non-hydrogen) atoms. The second kappa shape index (κ2) is 7.62. The monoisotopic (exact) mass is 421 g/mol. The van der Waals surface area contributed by atoms with Gasteiger partial charge >= 0.3 is 0 Å². The first kappa shape index (κ1) is 19.0. The molecule has 1 fully saturated rings. The van der Waals surface area contributed by atoms with Gasteiger partial charge in [-0.1, -0.05) is 22.8 Å². The molecule has 0 N–H and O–H groups in total. The van der Waals surface area contributed by atoms with E-state index in [4.69, 9.17) is 16.1 Å². The van der Waals surface area contributed by atoms with Crippen molar-refractivity contribution in [2.24, 2.45) is 0 Å². The van der Waals surface area contributed by atoms with Crippen LogP contribution >= 0.6 is 11.6 Å². The summed E-state index contributed by atoms with van der Waals surface area (Å²) in [6, 6.07) is 12.0. The number of hydrogen-bond donors (Lipinski definition) is 0. The van der Waals surface area contributed by atoms with Gasteiger partial charge in [0.1, 0.15) is 5.82 Å². The number of sulfonamides is 1. The second-order valence-corrected chi connectivity index (χ2v) is 9.00. The van der Waals surface area contributed by atoms with E-state index >= 15 is 0 Å². The molecule has 146 valence electrons. The molecule has 0 aliphatic carbocycles. The van der Waals surface area contributed by atoms with Crippen LogP contribution in [0.2, 0.25) is 5.02 Å². The number of aromatic nitrogens is 2. The molecule has 1 atom stereocenters. The van der Waals surface area contributed by atoms with Gasteiger partial charge in [-0.05, 0) is 55.3 Å². The van der Waals surface area contributed by atoms with Crippen LogP contribution in [0, 0.1) is 5.82 Å². The van der Waals surface area contributed by atoms with Gasteiger partial charge in [-0.15, -0.1) is 0 Å². The van der Waals surface area contributed by atoms with Gasteiger partial charge in [-0.2, -0.15) is 9.29 Å². The topological polar surface area (TPSA) is 76.3 Å². The van der Waals surface area contributed by atoms with E-state index in [1.54, 1.807) is 24.3 Å². The molecular weight excluding hydrogens is 405 g/mol. The number of hydrogen-bond acceptors (Lipinski definition) is 5. The van der Waals surface area contributed by atoms with Crippen molar-refractivity contribution in [1.82, 2.24) is 14.4 Å². The summed E-state index contributed by atoms with van der Waals surface area (Å²) in [5.74, 6) is 0.182. The maximum atomic E-state index is 13.1. The zero-order valence-electron chi connectivity index (χ0n) is 14.8. The summed E-state index contributed by atoms with van der Waals surface area (Å²) < 4.78 is 45.8. The van der Waals surface area contributed by atoms with Crippen molar-refractivity contribution in [3.8, 4) is 11.4 Å². The SMILES string of the molecule is O=S(=O)(c1cccc(Cl)c1)N1CCC[C@@H](c2nc(-c3ccc(F)cc3)no2)C1. The lowest BCUT2D eigenvalue weighted by Crippen LogP contribution is -2.39. The standard InChI is InChI=1S/C19H17ClFN3O3S/c20-15-4-1-5-17(11-15)28(25,26)24-10-2-3-14(12-24)19-22-18(23-27-19)13-6-8-16(21)9-7-13/h1,4-9,11,14H,2-3,10,12H2/t14-/m1/s1. The van der Waals surface area contributed by atoms with Crippen LogP contribution in [0.1, 0.15) is 24.7 Å². The maximum Gasteiger partial charge on any atom is 0.243 e. The van der Waals surface area contributed by atoms with E-state index < -0.39 is 10.0 Å². The van der Waals surface area contributed by atoms with Crippen molar-refractivity contribution in [3.63, 3.8) is 0 Å². The highest BCUT2D eigenvalue weighted by atomic mass is 35.5. The maximum absolute atomic E-state index is 13.1. The third-order valence-corrected chi connectivity index (χ3v) is 6.81. The normalized spacial score (nSPS) is 18.3. The second-order valence-electron chi connectivity index (χ2n) is 6.62. The van der Waals surface area contributed by atoms with Crippen molar-refractivity contribution >= 4 is 21.6 Å². The van der Waals surface area contributed by atoms with Gasteiger partial charge in [-0.25, -0.2) is 12.8 Å². The van der Waals surface area contributed by atoms with E-state index in [0.29, 0.717) is 35.3 Å². The summed E-state index contributed by atoms with van der Waals surface area (Å²) in [4.78, 5) is 4.56. The Hall–Kier alpha value is -2.29. The average molecular weight is 422 g/mol. The average Bonchev–Trinajstić information content (AvgIpc) is 3.19. The van der Waals surface area contributed by atoms with Gasteiger partial charge in [0.15, 0.2) is 0 Å². The largest absolute Gasteiger partial charge is 0.339 e. The van der Waals surface area contributed by atoms with Crippen molar-refractivity contribution in [2.45, 2.75) is 23.7 Å². The van der Waals surface area contributed by atoms with Gasteiger partial charge in [0, 0.05) is 23.7 Å². The quantitative estimate of drug-likeness (QED) is 0.634. The third kappa shape index (κ3) is 3.80. The first-order chi connectivity index (χ1) is 13.4. The Morgan fingerprint density at radius 2 is 1.96 bits per heavy atom. The summed E-state index contributed by atoms with van der Waals surface area (Å²) in [5, 5.41) is 4.33. The fourth-order valence-corrected chi connectivity index (χ4v) is 5.08. The minimum Gasteiger partial charge on any atom is -0.339 e. The molecule has 1 aliphatic rings. The predicted octanol–water partition coefficient (Wildman–Crippen LogP) is 4.10. The molecule has 1 aromatic heterocycles. The molecule has 2 aromatic carbocycles. The summed E-state index contributed by atoms with van der Waals surface area (Å²) in [6.45, 7) is 0.671. The molecule has 0 spiro atoms. The van der Waals surface area contributed by atoms with Crippen LogP contribution in [0.4, 0.5) is 4.39 Å². The molecule has 2 heterocycles. The number of nitrogens with zero attached hydrogens (tertiary/aromatic N) is 3. The molecule has 0 radical (unpaired) electrons. The number of rotatable bonds is 4. The van der Waals surface area contributed by atoms with Crippen LogP contribution in [0.25, 0.3) is 11.4 Å². The lowest BCUT2D eigenvalue weighted by Gasteiger charge is -2.30. The molecule has 0 bridgehead atoms. The highest BCUT2D eigenvalue weighted by Crippen LogP contribution is 2.31. The smallest absolute Gasteiger partial charge is 0.243 e. The lowest BCUT2D eigenvalue weighted by atomic mass is 10.00. The Balaban J connectivity index is 1.55. The molecule has 0 saturated carbocycles. The van der Waals surface area contributed by atoms with Crippen molar-refractivity contribution in [1.29, 1.82) is 0 Å². The van der Waals surface area contributed by atoms with E-state index in [-0.39, 0.29) is 23.2 Å². The number of benzene rings is 2. The fraction of sp³-hybridized carbons (Fsp3) is 0.263. The molecule has 1 aliphatic heterocycles. The Morgan fingerprint density at radius 1 is 1.18 bits per heavy atom. The molecule has 0 unspecified atom stereocenters. The van der Waals surface area contributed by atoms with E-state index in [9.17, 15) is 12.8 Å².